The molecule has 0 rings (SSSR count). The minimum Gasteiger partial charge on any atom is -0.462 e. The Labute approximate surface area is 434 Å². The predicted octanol–water partition coefficient (Wildman–Crippen LogP) is 19.2. The van der Waals surface area contributed by atoms with Crippen molar-refractivity contribution in [3.05, 3.63) is 12.2 Å². The molecule has 2 unspecified atom stereocenters. The highest BCUT2D eigenvalue weighted by Crippen LogP contribution is 2.43. The zero-order chi connectivity index (χ0) is 51.0. The highest BCUT2D eigenvalue weighted by molar-refractivity contribution is 7.47. The van der Waals surface area contributed by atoms with E-state index in [1.807, 2.05) is 0 Å². The Kier molecular flexibility index (Phi) is 56.0. The molecule has 0 aromatic rings. The minimum atomic E-state index is -4.38. The first-order valence-corrected chi connectivity index (χ1v) is 32.2. The van der Waals surface area contributed by atoms with Crippen LogP contribution < -0.4 is 5.73 Å². The second kappa shape index (κ2) is 57.0. The van der Waals surface area contributed by atoms with Gasteiger partial charge >= 0.3 is 19.8 Å². The number of hydrogen-bond acceptors (Lipinski definition) is 8. The molecule has 0 aromatic heterocycles. The van der Waals surface area contributed by atoms with E-state index in [9.17, 15) is 19.0 Å². The van der Waals surface area contributed by atoms with Crippen molar-refractivity contribution >= 4 is 19.8 Å². The van der Waals surface area contributed by atoms with Crippen LogP contribution in [0.4, 0.5) is 0 Å². The molecule has 10 heteroatoms. The van der Waals surface area contributed by atoms with Crippen LogP contribution >= 0.6 is 7.82 Å². The topological polar surface area (TPSA) is 134 Å². The van der Waals surface area contributed by atoms with Crippen LogP contribution in [-0.2, 0) is 32.7 Å². The van der Waals surface area contributed by atoms with Crippen molar-refractivity contribution in [2.75, 3.05) is 26.4 Å². The number of ether oxygens (including phenoxy) is 2. The van der Waals surface area contributed by atoms with Crippen LogP contribution in [0, 0.1) is 0 Å². The maximum atomic E-state index is 12.6. The van der Waals surface area contributed by atoms with Crippen molar-refractivity contribution < 1.29 is 37.6 Å². The van der Waals surface area contributed by atoms with E-state index in [1.165, 1.54) is 238 Å². The third-order valence-corrected chi connectivity index (χ3v) is 14.9. The average Bonchev–Trinajstić information content (AvgIpc) is 3.35. The van der Waals surface area contributed by atoms with E-state index in [0.717, 1.165) is 57.8 Å². The quantitative estimate of drug-likeness (QED) is 0.0264. The van der Waals surface area contributed by atoms with Crippen LogP contribution in [0.2, 0.25) is 0 Å². The fourth-order valence-electron chi connectivity index (χ4n) is 9.34. The summed E-state index contributed by atoms with van der Waals surface area (Å²) < 4.78 is 32.9. The van der Waals surface area contributed by atoms with E-state index in [4.69, 9.17) is 24.3 Å². The molecule has 0 aromatic carbocycles. The standard InChI is InChI=1S/C60H118NO8P/c1-3-5-7-9-11-13-15-17-18-19-20-21-22-23-24-25-26-27-28-29-30-31-32-33-34-35-36-37-38-39-40-41-43-44-46-48-50-52-59(62)66-56-58(57-68-70(64,65)67-55-54-61)69-60(63)53-51-49-47-45-42-16-14-12-10-8-6-4-2/h12,14,58H,3-11,13,15-57,61H2,1-2H3,(H,64,65)/b14-12-. The molecular weight excluding hydrogens is 894 g/mol. The SMILES string of the molecule is CCCCC/C=C\CCCCCCCC(=O)OC(COC(=O)CCCCCCCCCCCCCCCCCCCCCCCCCCCCCCCCCCCCCCC)COP(=O)(O)OCCN. The lowest BCUT2D eigenvalue weighted by Gasteiger charge is -2.19. The summed E-state index contributed by atoms with van der Waals surface area (Å²) in [6, 6.07) is 0. The summed E-state index contributed by atoms with van der Waals surface area (Å²) in [5, 5.41) is 0. The van der Waals surface area contributed by atoms with Gasteiger partial charge in [-0.2, -0.15) is 0 Å². The average molecular weight is 1010 g/mol. The maximum Gasteiger partial charge on any atom is 0.472 e. The first-order valence-electron chi connectivity index (χ1n) is 30.7. The Balaban J connectivity index is 3.69. The Morgan fingerprint density at radius 2 is 0.700 bits per heavy atom. The van der Waals surface area contributed by atoms with Crippen LogP contribution in [0.25, 0.3) is 0 Å². The first-order chi connectivity index (χ1) is 34.3. The second-order valence-electron chi connectivity index (χ2n) is 20.9. The van der Waals surface area contributed by atoms with Gasteiger partial charge in [-0.05, 0) is 38.5 Å². The molecule has 9 nitrogen and oxygen atoms in total. The molecule has 416 valence electrons. The van der Waals surface area contributed by atoms with Gasteiger partial charge in [-0.1, -0.05) is 289 Å². The lowest BCUT2D eigenvalue weighted by Crippen LogP contribution is -2.29. The molecule has 0 radical (unpaired) electrons. The molecule has 0 aliphatic heterocycles. The van der Waals surface area contributed by atoms with Crippen LogP contribution in [-0.4, -0.2) is 49.3 Å². The van der Waals surface area contributed by atoms with E-state index in [2.05, 4.69) is 26.0 Å². The van der Waals surface area contributed by atoms with Crippen molar-refractivity contribution in [3.63, 3.8) is 0 Å². The Morgan fingerprint density at radius 3 is 1.04 bits per heavy atom. The smallest absolute Gasteiger partial charge is 0.462 e. The summed E-state index contributed by atoms with van der Waals surface area (Å²) in [5.74, 6) is -0.822. The summed E-state index contributed by atoms with van der Waals surface area (Å²) in [6.45, 7) is 3.76. The number of carbonyl (C=O) groups excluding carboxylic acids is 2. The fraction of sp³-hybridized carbons (Fsp3) is 0.933. The molecule has 0 saturated carbocycles. The molecule has 0 heterocycles. The van der Waals surface area contributed by atoms with Crippen LogP contribution in [0.3, 0.4) is 0 Å². The summed E-state index contributed by atoms with van der Waals surface area (Å²) in [7, 11) is -4.38. The summed E-state index contributed by atoms with van der Waals surface area (Å²) in [4.78, 5) is 35.0. The molecule has 0 aliphatic rings. The molecule has 0 fully saturated rings. The summed E-state index contributed by atoms with van der Waals surface area (Å²) in [5.41, 5.74) is 5.37. The number of carbonyl (C=O) groups is 2. The maximum absolute atomic E-state index is 12.6. The first kappa shape index (κ1) is 68.8. The number of phosphoric acid groups is 1. The Morgan fingerprint density at radius 1 is 0.414 bits per heavy atom. The van der Waals surface area contributed by atoms with Gasteiger partial charge in [0.15, 0.2) is 6.10 Å². The van der Waals surface area contributed by atoms with Crippen molar-refractivity contribution in [2.45, 2.75) is 335 Å². The summed E-state index contributed by atoms with van der Waals surface area (Å²) in [6.07, 6.45) is 66.1. The van der Waals surface area contributed by atoms with Crippen LogP contribution in [0.5, 0.6) is 0 Å². The lowest BCUT2D eigenvalue weighted by molar-refractivity contribution is -0.161. The molecule has 0 bridgehead atoms. The number of unbranched alkanes of at least 4 members (excludes halogenated alkanes) is 44. The molecule has 3 N–H and O–H groups in total. The van der Waals surface area contributed by atoms with Gasteiger partial charge in [-0.3, -0.25) is 18.6 Å². The van der Waals surface area contributed by atoms with Gasteiger partial charge in [0, 0.05) is 19.4 Å². The zero-order valence-corrected chi connectivity index (χ0v) is 47.4. The van der Waals surface area contributed by atoms with E-state index in [1.54, 1.807) is 0 Å². The third-order valence-electron chi connectivity index (χ3n) is 13.9. The highest BCUT2D eigenvalue weighted by Gasteiger charge is 2.26. The van der Waals surface area contributed by atoms with Gasteiger partial charge in [-0.15, -0.1) is 0 Å². The van der Waals surface area contributed by atoms with E-state index < -0.39 is 26.5 Å². The van der Waals surface area contributed by atoms with Crippen LogP contribution in [0.1, 0.15) is 328 Å². The molecule has 2 atom stereocenters. The third kappa shape index (κ3) is 56.1. The number of nitrogens with two attached hydrogens (primary N) is 1. The highest BCUT2D eigenvalue weighted by atomic mass is 31.2. The molecule has 0 aliphatic carbocycles. The van der Waals surface area contributed by atoms with Crippen molar-refractivity contribution in [2.24, 2.45) is 5.73 Å². The number of allylic oxidation sites excluding steroid dienone is 2. The number of phosphoric ester groups is 1. The van der Waals surface area contributed by atoms with Gasteiger partial charge in [-0.25, -0.2) is 4.57 Å². The molecule has 0 spiro atoms. The number of hydrogen-bond donors (Lipinski definition) is 2. The molecule has 70 heavy (non-hydrogen) atoms. The van der Waals surface area contributed by atoms with Gasteiger partial charge in [0.25, 0.3) is 0 Å². The largest absolute Gasteiger partial charge is 0.472 e. The molecular formula is C60H118NO8P. The Hall–Kier alpha value is -1.25. The van der Waals surface area contributed by atoms with Crippen molar-refractivity contribution in [3.8, 4) is 0 Å². The zero-order valence-electron chi connectivity index (χ0n) is 46.5. The van der Waals surface area contributed by atoms with Crippen molar-refractivity contribution in [1.82, 2.24) is 0 Å². The van der Waals surface area contributed by atoms with Gasteiger partial charge in [0.1, 0.15) is 6.61 Å². The summed E-state index contributed by atoms with van der Waals surface area (Å²) >= 11 is 0. The van der Waals surface area contributed by atoms with Crippen molar-refractivity contribution in [1.29, 1.82) is 0 Å². The van der Waals surface area contributed by atoms with Crippen LogP contribution in [0.15, 0.2) is 12.2 Å². The van der Waals surface area contributed by atoms with Gasteiger partial charge < -0.3 is 20.1 Å². The van der Waals surface area contributed by atoms with E-state index >= 15 is 0 Å². The van der Waals surface area contributed by atoms with Gasteiger partial charge in [0.05, 0.1) is 13.2 Å². The van der Waals surface area contributed by atoms with E-state index in [-0.39, 0.29) is 38.6 Å². The fourth-order valence-corrected chi connectivity index (χ4v) is 10.1. The second-order valence-corrected chi connectivity index (χ2v) is 22.4. The monoisotopic (exact) mass is 1010 g/mol. The molecule has 0 saturated heterocycles. The lowest BCUT2D eigenvalue weighted by atomic mass is 10.0. The Bertz CT molecular complexity index is 1150. The molecule has 0 amide bonds. The van der Waals surface area contributed by atoms with E-state index in [0.29, 0.717) is 6.42 Å². The van der Waals surface area contributed by atoms with Gasteiger partial charge in [0.2, 0.25) is 0 Å². The number of esters is 2. The normalized spacial score (nSPS) is 13.0. The predicted molar refractivity (Wildman–Crippen MR) is 298 cm³/mol. The number of rotatable bonds is 59. The minimum absolute atomic E-state index is 0.0550.